The van der Waals surface area contributed by atoms with Gasteiger partial charge < -0.3 is 10.1 Å². The van der Waals surface area contributed by atoms with Crippen LogP contribution in [-0.4, -0.2) is 18.1 Å². The van der Waals surface area contributed by atoms with Crippen molar-refractivity contribution in [1.29, 1.82) is 0 Å². The van der Waals surface area contributed by atoms with Crippen LogP contribution in [0.25, 0.3) is 0 Å². The second-order valence-electron chi connectivity index (χ2n) is 5.29. The maximum Gasteiger partial charge on any atom is 0.261 e. The molecule has 0 saturated carbocycles. The standard InChI is InChI=1S/C17H15Br2IN2O2S/c1-8-5-14(9(2)4-13(8)20)21-17(25)22-16(23)11-6-10(18)7-12(19)15(11)24-3/h4-7H,1-3H3,(H2,21,22,23,25). The number of ether oxygens (including phenoxy) is 1. The van der Waals surface area contributed by atoms with Gasteiger partial charge in [0.1, 0.15) is 5.75 Å². The summed E-state index contributed by atoms with van der Waals surface area (Å²) in [7, 11) is 1.51. The molecule has 4 nitrogen and oxygen atoms in total. The van der Waals surface area contributed by atoms with Crippen molar-refractivity contribution >= 4 is 83.4 Å². The van der Waals surface area contributed by atoms with Gasteiger partial charge in [-0.3, -0.25) is 10.1 Å². The third-order valence-electron chi connectivity index (χ3n) is 3.44. The highest BCUT2D eigenvalue weighted by Gasteiger charge is 2.17. The normalized spacial score (nSPS) is 10.3. The number of nitrogens with one attached hydrogen (secondary N) is 2. The van der Waals surface area contributed by atoms with E-state index in [1.54, 1.807) is 6.07 Å². The summed E-state index contributed by atoms with van der Waals surface area (Å²) in [5.41, 5.74) is 3.43. The molecule has 0 spiro atoms. The molecule has 2 N–H and O–H groups in total. The summed E-state index contributed by atoms with van der Waals surface area (Å²) in [5.74, 6) is 0.0982. The average molecular weight is 598 g/mol. The van der Waals surface area contributed by atoms with Crippen molar-refractivity contribution in [2.45, 2.75) is 13.8 Å². The number of hydrogen-bond donors (Lipinski definition) is 2. The summed E-state index contributed by atoms with van der Waals surface area (Å²) >= 11 is 14.3. The molecule has 1 amide bonds. The van der Waals surface area contributed by atoms with Crippen LogP contribution in [-0.2, 0) is 0 Å². The molecule has 0 aliphatic rings. The van der Waals surface area contributed by atoms with Gasteiger partial charge in [-0.25, -0.2) is 0 Å². The predicted octanol–water partition coefficient (Wildman–Crippen LogP) is 5.57. The molecule has 0 aromatic heterocycles. The third-order valence-corrected chi connectivity index (χ3v) is 5.85. The number of methoxy groups -OCH3 is 1. The lowest BCUT2D eigenvalue weighted by atomic mass is 10.1. The van der Waals surface area contributed by atoms with Crippen molar-refractivity contribution in [3.63, 3.8) is 0 Å². The van der Waals surface area contributed by atoms with E-state index < -0.39 is 0 Å². The molecule has 2 rings (SSSR count). The summed E-state index contributed by atoms with van der Waals surface area (Å²) in [6.45, 7) is 4.01. The van der Waals surface area contributed by atoms with Crippen molar-refractivity contribution in [1.82, 2.24) is 5.32 Å². The molecule has 0 fully saturated rings. The van der Waals surface area contributed by atoms with Crippen LogP contribution in [0.2, 0.25) is 0 Å². The number of halogens is 3. The van der Waals surface area contributed by atoms with E-state index in [1.165, 1.54) is 10.7 Å². The quantitative estimate of drug-likeness (QED) is 0.359. The lowest BCUT2D eigenvalue weighted by Crippen LogP contribution is -2.34. The van der Waals surface area contributed by atoms with Gasteiger partial charge in [0.15, 0.2) is 5.11 Å². The molecule has 0 aliphatic carbocycles. The van der Waals surface area contributed by atoms with Crippen molar-refractivity contribution in [2.75, 3.05) is 12.4 Å². The second-order valence-corrected chi connectivity index (χ2v) is 8.63. The number of aryl methyl sites for hydroxylation is 2. The third kappa shape index (κ3) is 5.15. The number of amides is 1. The first kappa shape index (κ1) is 20.6. The SMILES string of the molecule is COc1c(Br)cc(Br)cc1C(=O)NC(=S)Nc1cc(C)c(I)cc1C. The maximum atomic E-state index is 12.6. The van der Waals surface area contributed by atoms with Crippen LogP contribution in [0.4, 0.5) is 5.69 Å². The topological polar surface area (TPSA) is 50.4 Å². The van der Waals surface area contributed by atoms with Crippen LogP contribution in [0, 0.1) is 17.4 Å². The fourth-order valence-corrected chi connectivity index (χ4v) is 4.39. The Morgan fingerprint density at radius 3 is 2.48 bits per heavy atom. The molecule has 2 aromatic carbocycles. The zero-order chi connectivity index (χ0) is 18.7. The first-order chi connectivity index (χ1) is 11.7. The van der Waals surface area contributed by atoms with Gasteiger partial charge in [-0.1, -0.05) is 15.9 Å². The average Bonchev–Trinajstić information content (AvgIpc) is 2.51. The summed E-state index contributed by atoms with van der Waals surface area (Å²) in [6.07, 6.45) is 0. The Bertz CT molecular complexity index is 859. The number of carbonyl (C=O) groups is 1. The van der Waals surface area contributed by atoms with Crippen LogP contribution in [0.5, 0.6) is 5.75 Å². The first-order valence-corrected chi connectivity index (χ1v) is 10.2. The Labute approximate surface area is 182 Å². The minimum Gasteiger partial charge on any atom is -0.495 e. The zero-order valence-electron chi connectivity index (χ0n) is 13.7. The molecule has 0 unspecified atom stereocenters. The lowest BCUT2D eigenvalue weighted by molar-refractivity contribution is 0.0974. The highest BCUT2D eigenvalue weighted by molar-refractivity contribution is 14.1. The maximum absolute atomic E-state index is 12.6. The van der Waals surface area contributed by atoms with Crippen LogP contribution in [0.3, 0.4) is 0 Å². The molecule has 0 heterocycles. The van der Waals surface area contributed by atoms with Crippen LogP contribution >= 0.6 is 66.7 Å². The molecular weight excluding hydrogens is 583 g/mol. The molecule has 0 aliphatic heterocycles. The van der Waals surface area contributed by atoms with E-state index in [9.17, 15) is 4.79 Å². The fourth-order valence-electron chi connectivity index (χ4n) is 2.18. The van der Waals surface area contributed by atoms with Gasteiger partial charge in [-0.15, -0.1) is 0 Å². The minimum atomic E-state index is -0.351. The van der Waals surface area contributed by atoms with Gasteiger partial charge >= 0.3 is 0 Å². The van der Waals surface area contributed by atoms with Crippen molar-refractivity contribution in [2.24, 2.45) is 0 Å². The minimum absolute atomic E-state index is 0.229. The molecule has 25 heavy (non-hydrogen) atoms. The molecule has 2 aromatic rings. The Hall–Kier alpha value is -0.710. The molecule has 8 heteroatoms. The van der Waals surface area contributed by atoms with Gasteiger partial charge in [0.25, 0.3) is 5.91 Å². The fraction of sp³-hybridized carbons (Fsp3) is 0.176. The number of thiocarbonyl (C=S) groups is 1. The zero-order valence-corrected chi connectivity index (χ0v) is 19.8. The molecule has 0 radical (unpaired) electrons. The molecule has 132 valence electrons. The molecule has 0 saturated heterocycles. The summed E-state index contributed by atoms with van der Waals surface area (Å²) in [6, 6.07) is 7.56. The van der Waals surface area contributed by atoms with E-state index >= 15 is 0 Å². The Morgan fingerprint density at radius 2 is 1.84 bits per heavy atom. The number of anilines is 1. The van der Waals surface area contributed by atoms with Crippen LogP contribution in [0.1, 0.15) is 21.5 Å². The van der Waals surface area contributed by atoms with Gasteiger partial charge in [0.05, 0.1) is 17.1 Å². The van der Waals surface area contributed by atoms with Crippen molar-refractivity contribution in [3.8, 4) is 5.75 Å². The monoisotopic (exact) mass is 596 g/mol. The smallest absolute Gasteiger partial charge is 0.261 e. The van der Waals surface area contributed by atoms with Gasteiger partial charge in [0.2, 0.25) is 0 Å². The summed E-state index contributed by atoms with van der Waals surface area (Å²) < 4.78 is 7.92. The van der Waals surface area contributed by atoms with Crippen molar-refractivity contribution < 1.29 is 9.53 Å². The predicted molar refractivity (Wildman–Crippen MR) is 121 cm³/mol. The van der Waals surface area contributed by atoms with E-state index in [2.05, 4.69) is 71.2 Å². The number of carbonyl (C=O) groups excluding carboxylic acids is 1. The van der Waals surface area contributed by atoms with E-state index in [1.807, 2.05) is 26.0 Å². The second kappa shape index (κ2) is 8.79. The van der Waals surface area contributed by atoms with E-state index in [4.69, 9.17) is 17.0 Å². The van der Waals surface area contributed by atoms with E-state index in [0.717, 1.165) is 21.3 Å². The Morgan fingerprint density at radius 1 is 1.16 bits per heavy atom. The van der Waals surface area contributed by atoms with Gasteiger partial charge in [0, 0.05) is 13.7 Å². The largest absolute Gasteiger partial charge is 0.495 e. The number of hydrogen-bond acceptors (Lipinski definition) is 3. The number of rotatable bonds is 3. The van der Waals surface area contributed by atoms with Gasteiger partial charge in [-0.2, -0.15) is 0 Å². The molecular formula is C17H15Br2IN2O2S. The van der Waals surface area contributed by atoms with E-state index in [-0.39, 0.29) is 11.0 Å². The Kier molecular flexibility index (Phi) is 7.24. The molecule has 0 atom stereocenters. The summed E-state index contributed by atoms with van der Waals surface area (Å²) in [5, 5.41) is 6.00. The highest BCUT2D eigenvalue weighted by atomic mass is 127. The molecule has 0 bridgehead atoms. The summed E-state index contributed by atoms with van der Waals surface area (Å²) in [4.78, 5) is 12.6. The first-order valence-electron chi connectivity index (χ1n) is 7.15. The van der Waals surface area contributed by atoms with Crippen LogP contribution in [0.15, 0.2) is 33.2 Å². The highest BCUT2D eigenvalue weighted by Crippen LogP contribution is 2.32. The van der Waals surface area contributed by atoms with Crippen molar-refractivity contribution in [3.05, 3.63) is 53.5 Å². The van der Waals surface area contributed by atoms with Gasteiger partial charge in [-0.05, 0) is 100.0 Å². The van der Waals surface area contributed by atoms with Crippen LogP contribution < -0.4 is 15.4 Å². The lowest BCUT2D eigenvalue weighted by Gasteiger charge is -2.15. The van der Waals surface area contributed by atoms with E-state index in [0.29, 0.717) is 15.8 Å². The number of benzene rings is 2. The Balaban J connectivity index is 2.19.